The lowest BCUT2D eigenvalue weighted by Gasteiger charge is -2.08. The Hall–Kier alpha value is -1.55. The van der Waals surface area contributed by atoms with Gasteiger partial charge in [0.05, 0.1) is 0 Å². The van der Waals surface area contributed by atoms with Crippen LogP contribution in [-0.4, -0.2) is 4.98 Å². The summed E-state index contributed by atoms with van der Waals surface area (Å²) in [6.07, 6.45) is -4.47. The van der Waals surface area contributed by atoms with Crippen molar-refractivity contribution in [1.29, 1.82) is 0 Å². The molecule has 2 aromatic rings. The highest BCUT2D eigenvalue weighted by atomic mass is 35.5. The van der Waals surface area contributed by atoms with Crippen LogP contribution >= 0.6 is 11.6 Å². The van der Waals surface area contributed by atoms with Gasteiger partial charge in [-0.1, -0.05) is 41.9 Å². The molecule has 0 spiro atoms. The lowest BCUT2D eigenvalue weighted by Crippen LogP contribution is -2.07. The third-order valence-corrected chi connectivity index (χ3v) is 2.51. The van der Waals surface area contributed by atoms with Gasteiger partial charge in [0.15, 0.2) is 0 Å². The second-order valence-electron chi connectivity index (χ2n) is 3.40. The van der Waals surface area contributed by atoms with Gasteiger partial charge in [-0.15, -0.1) is 0 Å². The fourth-order valence-corrected chi connectivity index (χ4v) is 1.69. The monoisotopic (exact) mass is 257 g/mol. The van der Waals surface area contributed by atoms with E-state index in [1.807, 2.05) is 6.07 Å². The van der Waals surface area contributed by atoms with Crippen LogP contribution in [0.2, 0.25) is 5.15 Å². The van der Waals surface area contributed by atoms with Gasteiger partial charge in [-0.25, -0.2) is 4.98 Å². The van der Waals surface area contributed by atoms with E-state index in [0.717, 1.165) is 11.6 Å². The molecule has 17 heavy (non-hydrogen) atoms. The maximum absolute atomic E-state index is 12.4. The summed E-state index contributed by atoms with van der Waals surface area (Å²) < 4.78 is 37.1. The summed E-state index contributed by atoms with van der Waals surface area (Å²) in [5.74, 6) is 0. The normalized spacial score (nSPS) is 11.5. The zero-order valence-electron chi connectivity index (χ0n) is 8.50. The van der Waals surface area contributed by atoms with Crippen LogP contribution in [0.5, 0.6) is 0 Å². The van der Waals surface area contributed by atoms with Crippen molar-refractivity contribution in [2.45, 2.75) is 6.18 Å². The van der Waals surface area contributed by atoms with E-state index < -0.39 is 11.9 Å². The first-order valence-electron chi connectivity index (χ1n) is 4.77. The number of hydrogen-bond donors (Lipinski definition) is 0. The summed E-state index contributed by atoms with van der Waals surface area (Å²) in [5.41, 5.74) is 0.237. The van der Waals surface area contributed by atoms with E-state index in [1.165, 1.54) is 6.07 Å². The number of alkyl halides is 3. The summed E-state index contributed by atoms with van der Waals surface area (Å²) in [6.45, 7) is 0. The fourth-order valence-electron chi connectivity index (χ4n) is 1.43. The lowest BCUT2D eigenvalue weighted by molar-refractivity contribution is -0.141. The molecule has 0 atom stereocenters. The highest BCUT2D eigenvalue weighted by Gasteiger charge is 2.32. The van der Waals surface area contributed by atoms with Crippen LogP contribution in [0.1, 0.15) is 5.69 Å². The molecule has 5 heteroatoms. The van der Waals surface area contributed by atoms with Crippen LogP contribution in [-0.2, 0) is 6.18 Å². The smallest absolute Gasteiger partial charge is 0.231 e. The molecule has 0 saturated heterocycles. The SMILES string of the molecule is FC(F)(F)c1ccc(-c2ccccc2)c(Cl)n1. The molecular formula is C12H7ClF3N. The van der Waals surface area contributed by atoms with Gasteiger partial charge in [-0.2, -0.15) is 13.2 Å². The number of benzene rings is 1. The zero-order valence-corrected chi connectivity index (χ0v) is 9.26. The molecule has 1 heterocycles. The van der Waals surface area contributed by atoms with Crippen molar-refractivity contribution in [3.8, 4) is 11.1 Å². The van der Waals surface area contributed by atoms with E-state index >= 15 is 0 Å². The van der Waals surface area contributed by atoms with Crippen molar-refractivity contribution in [3.63, 3.8) is 0 Å². The molecular weight excluding hydrogens is 251 g/mol. The predicted molar refractivity (Wildman–Crippen MR) is 59.7 cm³/mol. The molecule has 0 fully saturated rings. The second kappa shape index (κ2) is 4.37. The van der Waals surface area contributed by atoms with Crippen LogP contribution < -0.4 is 0 Å². The van der Waals surface area contributed by atoms with Gasteiger partial charge in [-0.05, 0) is 17.7 Å². The molecule has 0 N–H and O–H groups in total. The van der Waals surface area contributed by atoms with Gasteiger partial charge >= 0.3 is 6.18 Å². The molecule has 1 aromatic heterocycles. The highest BCUT2D eigenvalue weighted by Crippen LogP contribution is 2.32. The van der Waals surface area contributed by atoms with E-state index in [-0.39, 0.29) is 5.15 Å². The Morgan fingerprint density at radius 3 is 2.12 bits per heavy atom. The maximum Gasteiger partial charge on any atom is 0.433 e. The average Bonchev–Trinajstić information content (AvgIpc) is 2.29. The molecule has 88 valence electrons. The van der Waals surface area contributed by atoms with Gasteiger partial charge in [0.25, 0.3) is 0 Å². The maximum atomic E-state index is 12.4. The Labute approximate surface area is 101 Å². The standard InChI is InChI=1S/C12H7ClF3N/c13-11-9(8-4-2-1-3-5-8)6-7-10(17-11)12(14,15)16/h1-7H. The minimum absolute atomic E-state index is 0.147. The minimum atomic E-state index is -4.47. The van der Waals surface area contributed by atoms with Gasteiger partial charge < -0.3 is 0 Å². The van der Waals surface area contributed by atoms with Crippen molar-refractivity contribution in [2.24, 2.45) is 0 Å². The summed E-state index contributed by atoms with van der Waals surface area (Å²) in [6, 6.07) is 11.1. The zero-order chi connectivity index (χ0) is 12.5. The van der Waals surface area contributed by atoms with Crippen molar-refractivity contribution in [3.05, 3.63) is 53.3 Å². The third kappa shape index (κ3) is 2.58. The van der Waals surface area contributed by atoms with Gasteiger partial charge in [0.1, 0.15) is 10.8 Å². The lowest BCUT2D eigenvalue weighted by atomic mass is 10.1. The number of hydrogen-bond acceptors (Lipinski definition) is 1. The molecule has 0 aliphatic heterocycles. The highest BCUT2D eigenvalue weighted by molar-refractivity contribution is 6.32. The summed E-state index contributed by atoms with van der Waals surface area (Å²) in [5, 5.41) is -0.147. The van der Waals surface area contributed by atoms with E-state index in [0.29, 0.717) is 5.56 Å². The molecule has 0 unspecified atom stereocenters. The molecule has 0 aliphatic carbocycles. The third-order valence-electron chi connectivity index (χ3n) is 2.22. The van der Waals surface area contributed by atoms with Crippen LogP contribution in [0, 0.1) is 0 Å². The van der Waals surface area contributed by atoms with E-state index in [9.17, 15) is 13.2 Å². The van der Waals surface area contributed by atoms with Crippen molar-refractivity contribution in [2.75, 3.05) is 0 Å². The van der Waals surface area contributed by atoms with E-state index in [4.69, 9.17) is 11.6 Å². The summed E-state index contributed by atoms with van der Waals surface area (Å²) in [4.78, 5) is 3.36. The number of pyridine rings is 1. The minimum Gasteiger partial charge on any atom is -0.231 e. The topological polar surface area (TPSA) is 12.9 Å². The Morgan fingerprint density at radius 1 is 0.941 bits per heavy atom. The number of halogens is 4. The first-order chi connectivity index (χ1) is 7.98. The number of rotatable bonds is 1. The Morgan fingerprint density at radius 2 is 1.59 bits per heavy atom. The Balaban J connectivity index is 2.46. The largest absolute Gasteiger partial charge is 0.433 e. The van der Waals surface area contributed by atoms with E-state index in [1.54, 1.807) is 24.3 Å². The van der Waals surface area contributed by atoms with Gasteiger partial charge in [0, 0.05) is 5.56 Å². The molecule has 0 bridgehead atoms. The van der Waals surface area contributed by atoms with Crippen molar-refractivity contribution in [1.82, 2.24) is 4.98 Å². The molecule has 1 nitrogen and oxygen atoms in total. The van der Waals surface area contributed by atoms with Gasteiger partial charge in [0.2, 0.25) is 0 Å². The summed E-state index contributed by atoms with van der Waals surface area (Å²) >= 11 is 5.76. The first-order valence-corrected chi connectivity index (χ1v) is 5.15. The van der Waals surface area contributed by atoms with Crippen molar-refractivity contribution >= 4 is 11.6 Å². The molecule has 0 saturated carbocycles. The Bertz CT molecular complexity index is 523. The number of aromatic nitrogens is 1. The molecule has 2 rings (SSSR count). The molecule has 0 aliphatic rings. The quantitative estimate of drug-likeness (QED) is 0.689. The van der Waals surface area contributed by atoms with Gasteiger partial charge in [-0.3, -0.25) is 0 Å². The predicted octanol–water partition coefficient (Wildman–Crippen LogP) is 4.42. The van der Waals surface area contributed by atoms with Crippen LogP contribution in [0.15, 0.2) is 42.5 Å². The molecule has 0 amide bonds. The van der Waals surface area contributed by atoms with E-state index in [2.05, 4.69) is 4.98 Å². The van der Waals surface area contributed by atoms with Crippen molar-refractivity contribution < 1.29 is 13.2 Å². The fraction of sp³-hybridized carbons (Fsp3) is 0.0833. The van der Waals surface area contributed by atoms with Crippen LogP contribution in [0.4, 0.5) is 13.2 Å². The summed E-state index contributed by atoms with van der Waals surface area (Å²) in [7, 11) is 0. The Kier molecular flexibility index (Phi) is 3.07. The van der Waals surface area contributed by atoms with Crippen LogP contribution in [0.25, 0.3) is 11.1 Å². The first kappa shape index (κ1) is 11.9. The number of nitrogens with zero attached hydrogens (tertiary/aromatic N) is 1. The molecule has 0 radical (unpaired) electrons. The second-order valence-corrected chi connectivity index (χ2v) is 3.76. The van der Waals surface area contributed by atoms with Crippen LogP contribution in [0.3, 0.4) is 0 Å². The average molecular weight is 258 g/mol. The molecule has 1 aromatic carbocycles.